The van der Waals surface area contributed by atoms with E-state index in [1.54, 1.807) is 0 Å². The molecule has 23 heavy (non-hydrogen) atoms. The fourth-order valence-electron chi connectivity index (χ4n) is 2.71. The van der Waals surface area contributed by atoms with Crippen LogP contribution in [0.5, 0.6) is 0 Å². The van der Waals surface area contributed by atoms with Crippen LogP contribution in [0, 0.1) is 0 Å². The molecule has 0 amide bonds. The summed E-state index contributed by atoms with van der Waals surface area (Å²) in [7, 11) is -3.04. The van der Waals surface area contributed by atoms with Crippen LogP contribution in [-0.4, -0.2) is 43.1 Å². The van der Waals surface area contributed by atoms with Crippen molar-refractivity contribution in [2.45, 2.75) is 76.1 Å². The first-order valence-electron chi connectivity index (χ1n) is 8.72. The highest BCUT2D eigenvalue weighted by molar-refractivity contribution is 7.91. The van der Waals surface area contributed by atoms with Crippen LogP contribution in [0.2, 0.25) is 0 Å². The first-order valence-corrected chi connectivity index (χ1v) is 11.4. The second-order valence-electron chi connectivity index (χ2n) is 6.31. The zero-order chi connectivity index (χ0) is 17.1. The third kappa shape index (κ3) is 9.72. The normalized spacial score (nSPS) is 22.9. The van der Waals surface area contributed by atoms with Crippen LogP contribution in [-0.2, 0) is 14.6 Å². The van der Waals surface area contributed by atoms with Crippen LogP contribution in [0.4, 0.5) is 0 Å². The van der Waals surface area contributed by atoms with Crippen molar-refractivity contribution in [1.29, 1.82) is 0 Å². The molecule has 0 spiro atoms. The Kier molecular flexibility index (Phi) is 10.5. The van der Waals surface area contributed by atoms with Gasteiger partial charge in [-0.05, 0) is 18.6 Å². The van der Waals surface area contributed by atoms with Gasteiger partial charge in [-0.2, -0.15) is 0 Å². The molecule has 7 heteroatoms. The number of rotatable bonds is 11. The van der Waals surface area contributed by atoms with Crippen molar-refractivity contribution in [2.24, 2.45) is 0 Å². The number of hydrogen-bond acceptors (Lipinski definition) is 4. The highest BCUT2D eigenvalue weighted by Crippen LogP contribution is 2.18. The number of sulfone groups is 1. The Hall–Kier alpha value is -0.0700. The summed E-state index contributed by atoms with van der Waals surface area (Å²) >= 11 is 11.1. The third-order valence-electron chi connectivity index (χ3n) is 4.07. The lowest BCUT2D eigenvalue weighted by Crippen LogP contribution is -2.40. The second-order valence-corrected chi connectivity index (χ2v) is 9.39. The number of hydrogen-bond donors (Lipinski definition) is 1. The molecule has 2 atom stereocenters. The Balaban J connectivity index is 1.96. The van der Waals surface area contributed by atoms with Crippen LogP contribution >= 0.6 is 23.8 Å². The number of nitrogens with one attached hydrogen (secondary N) is 1. The smallest absolute Gasteiger partial charge is 0.256 e. The lowest BCUT2D eigenvalue weighted by Gasteiger charge is -2.16. The molecule has 1 saturated heterocycles. The van der Waals surface area contributed by atoms with Crippen molar-refractivity contribution in [3.05, 3.63) is 0 Å². The van der Waals surface area contributed by atoms with Crippen LogP contribution in [0.25, 0.3) is 0 Å². The van der Waals surface area contributed by atoms with Gasteiger partial charge in [0.25, 0.3) is 5.17 Å². The Bertz CT molecular complexity index is 443. The molecule has 1 heterocycles. The summed E-state index contributed by atoms with van der Waals surface area (Å²) in [5.74, 6) is 0.0375. The van der Waals surface area contributed by atoms with Gasteiger partial charge in [-0.15, -0.1) is 11.6 Å². The van der Waals surface area contributed by atoms with E-state index in [1.165, 1.54) is 44.9 Å². The Morgan fingerprint density at radius 1 is 1.09 bits per heavy atom. The van der Waals surface area contributed by atoms with Gasteiger partial charge in [-0.25, -0.2) is 8.42 Å². The maximum absolute atomic E-state index is 11.5. The lowest BCUT2D eigenvalue weighted by atomic mass is 10.1. The average Bonchev–Trinajstić information content (AvgIpc) is 2.73. The van der Waals surface area contributed by atoms with E-state index in [0.29, 0.717) is 6.61 Å². The molecule has 1 N–H and O–H groups in total. The van der Waals surface area contributed by atoms with Gasteiger partial charge in [0.15, 0.2) is 9.84 Å². The minimum atomic E-state index is -3.04. The van der Waals surface area contributed by atoms with E-state index in [4.69, 9.17) is 28.6 Å². The molecule has 0 aromatic carbocycles. The van der Waals surface area contributed by atoms with Gasteiger partial charge >= 0.3 is 0 Å². The monoisotopic (exact) mass is 383 g/mol. The lowest BCUT2D eigenvalue weighted by molar-refractivity contribution is 0.283. The van der Waals surface area contributed by atoms with E-state index < -0.39 is 15.2 Å². The molecule has 0 aliphatic carbocycles. The van der Waals surface area contributed by atoms with Crippen molar-refractivity contribution in [1.82, 2.24) is 5.32 Å². The SMILES string of the molecule is CCCCCCCCCCCOC(=S)NC1CS(=O)(=O)CC1Cl. The highest BCUT2D eigenvalue weighted by Gasteiger charge is 2.36. The molecule has 0 bridgehead atoms. The predicted octanol–water partition coefficient (Wildman–Crippen LogP) is 3.81. The summed E-state index contributed by atoms with van der Waals surface area (Å²) in [6.07, 6.45) is 11.3. The third-order valence-corrected chi connectivity index (χ3v) is 6.68. The average molecular weight is 384 g/mol. The van der Waals surface area contributed by atoms with Crippen molar-refractivity contribution in [3.63, 3.8) is 0 Å². The maximum Gasteiger partial charge on any atom is 0.256 e. The maximum atomic E-state index is 11.5. The summed E-state index contributed by atoms with van der Waals surface area (Å²) < 4.78 is 28.4. The fourth-order valence-corrected chi connectivity index (χ4v) is 5.49. The molecule has 1 rings (SSSR count). The molecule has 1 fully saturated rings. The number of halogens is 1. The van der Waals surface area contributed by atoms with Crippen LogP contribution in [0.1, 0.15) is 64.7 Å². The quantitative estimate of drug-likeness (QED) is 0.334. The predicted molar refractivity (Wildman–Crippen MR) is 101 cm³/mol. The topological polar surface area (TPSA) is 55.4 Å². The van der Waals surface area contributed by atoms with Crippen molar-refractivity contribution in [3.8, 4) is 0 Å². The number of alkyl halides is 1. The van der Waals surface area contributed by atoms with E-state index >= 15 is 0 Å². The summed E-state index contributed by atoms with van der Waals surface area (Å²) in [6, 6.07) is -0.336. The highest BCUT2D eigenvalue weighted by atomic mass is 35.5. The number of unbranched alkanes of at least 4 members (excludes halogenated alkanes) is 8. The standard InChI is InChI=1S/C16H30ClNO3S2/c1-2-3-4-5-6-7-8-9-10-11-21-16(22)18-15-13-23(19,20)12-14(15)17/h14-15H,2-13H2,1H3,(H,18,22). The van der Waals surface area contributed by atoms with Crippen molar-refractivity contribution in [2.75, 3.05) is 18.1 Å². The zero-order valence-electron chi connectivity index (χ0n) is 14.1. The Labute approximate surface area is 151 Å². The zero-order valence-corrected chi connectivity index (χ0v) is 16.4. The largest absolute Gasteiger partial charge is 0.471 e. The van der Waals surface area contributed by atoms with Crippen LogP contribution < -0.4 is 5.32 Å². The van der Waals surface area contributed by atoms with Crippen LogP contribution in [0.15, 0.2) is 0 Å². The van der Waals surface area contributed by atoms with Gasteiger partial charge in [-0.1, -0.05) is 58.3 Å². The van der Waals surface area contributed by atoms with Gasteiger partial charge in [0.1, 0.15) is 0 Å². The molecule has 4 nitrogen and oxygen atoms in total. The van der Waals surface area contributed by atoms with E-state index in [2.05, 4.69) is 12.2 Å². The molecular weight excluding hydrogens is 354 g/mol. The molecular formula is C16H30ClNO3S2. The first-order chi connectivity index (χ1) is 10.9. The van der Waals surface area contributed by atoms with Gasteiger partial charge < -0.3 is 10.1 Å². The molecule has 0 aromatic heterocycles. The van der Waals surface area contributed by atoms with Crippen LogP contribution in [0.3, 0.4) is 0 Å². The number of thiocarbonyl (C=S) groups is 1. The van der Waals surface area contributed by atoms with Gasteiger partial charge in [-0.3, -0.25) is 0 Å². The van der Waals surface area contributed by atoms with E-state index in [0.717, 1.165) is 12.8 Å². The van der Waals surface area contributed by atoms with E-state index in [-0.39, 0.29) is 22.7 Å². The summed E-state index contributed by atoms with van der Waals surface area (Å²) in [5.41, 5.74) is 0. The summed E-state index contributed by atoms with van der Waals surface area (Å²) in [6.45, 7) is 2.81. The van der Waals surface area contributed by atoms with Crippen molar-refractivity contribution < 1.29 is 13.2 Å². The van der Waals surface area contributed by atoms with Crippen molar-refractivity contribution >= 4 is 38.8 Å². The Morgan fingerprint density at radius 3 is 2.17 bits per heavy atom. The van der Waals surface area contributed by atoms with Gasteiger partial charge in [0, 0.05) is 0 Å². The fraction of sp³-hybridized carbons (Fsp3) is 0.938. The van der Waals surface area contributed by atoms with E-state index in [1.807, 2.05) is 0 Å². The summed E-state index contributed by atoms with van der Waals surface area (Å²) in [5, 5.41) is 2.74. The number of ether oxygens (including phenoxy) is 1. The second kappa shape index (κ2) is 11.5. The van der Waals surface area contributed by atoms with Gasteiger partial charge in [0.05, 0.1) is 29.5 Å². The molecule has 1 aliphatic rings. The minimum absolute atomic E-state index is 0.00704. The molecule has 0 radical (unpaired) electrons. The molecule has 2 unspecified atom stereocenters. The Morgan fingerprint density at radius 2 is 1.65 bits per heavy atom. The first kappa shape index (κ1) is 21.0. The van der Waals surface area contributed by atoms with Gasteiger partial charge in [0.2, 0.25) is 0 Å². The minimum Gasteiger partial charge on any atom is -0.471 e. The molecule has 136 valence electrons. The van der Waals surface area contributed by atoms with E-state index in [9.17, 15) is 8.42 Å². The summed E-state index contributed by atoms with van der Waals surface area (Å²) in [4.78, 5) is 0. The molecule has 0 saturated carbocycles. The molecule has 1 aliphatic heterocycles. The molecule has 0 aromatic rings.